The van der Waals surface area contributed by atoms with Crippen LogP contribution >= 0.6 is 0 Å². The van der Waals surface area contributed by atoms with Crippen molar-refractivity contribution < 1.29 is 23.8 Å². The largest absolute Gasteiger partial charge is 0.497 e. The predicted molar refractivity (Wildman–Crippen MR) is 92.3 cm³/mol. The van der Waals surface area contributed by atoms with E-state index in [0.29, 0.717) is 23.5 Å². The normalized spacial score (nSPS) is 17.4. The molecule has 0 radical (unpaired) electrons. The van der Waals surface area contributed by atoms with Crippen LogP contribution in [0.3, 0.4) is 0 Å². The van der Waals surface area contributed by atoms with Gasteiger partial charge in [0.2, 0.25) is 0 Å². The van der Waals surface area contributed by atoms with Crippen LogP contribution in [0.25, 0.3) is 0 Å². The summed E-state index contributed by atoms with van der Waals surface area (Å²) in [5, 5.41) is 4.13. The molecule has 1 atom stereocenters. The van der Waals surface area contributed by atoms with E-state index >= 15 is 0 Å². The third kappa shape index (κ3) is 3.42. The lowest BCUT2D eigenvalue weighted by molar-refractivity contribution is 0.0600. The highest BCUT2D eigenvalue weighted by molar-refractivity contribution is 6.04. The summed E-state index contributed by atoms with van der Waals surface area (Å²) in [5.41, 5.74) is 2.98. The smallest absolute Gasteiger partial charge is 0.337 e. The van der Waals surface area contributed by atoms with Gasteiger partial charge in [0.25, 0.3) is 0 Å². The van der Waals surface area contributed by atoms with Gasteiger partial charge >= 0.3 is 5.97 Å². The average Bonchev–Trinajstić information content (AvgIpc) is 2.67. The van der Waals surface area contributed by atoms with Crippen molar-refractivity contribution in [3.63, 3.8) is 0 Å². The van der Waals surface area contributed by atoms with Crippen LogP contribution in [-0.4, -0.2) is 33.0 Å². The molecule has 0 N–H and O–H groups in total. The van der Waals surface area contributed by atoms with Crippen molar-refractivity contribution in [3.8, 4) is 11.5 Å². The summed E-state index contributed by atoms with van der Waals surface area (Å²) in [7, 11) is 4.47. The summed E-state index contributed by atoms with van der Waals surface area (Å²) in [5.74, 6) is 0.972. The number of fused-ring (bicyclic) bond motifs is 1. The van der Waals surface area contributed by atoms with Crippen molar-refractivity contribution in [1.29, 1.82) is 0 Å². The molecule has 2 aromatic rings. The van der Waals surface area contributed by atoms with Crippen molar-refractivity contribution in [1.82, 2.24) is 0 Å². The number of rotatable bonds is 4. The zero-order chi connectivity index (χ0) is 17.8. The van der Waals surface area contributed by atoms with E-state index in [2.05, 4.69) is 5.16 Å². The molecule has 0 unspecified atom stereocenters. The molecule has 130 valence electrons. The summed E-state index contributed by atoms with van der Waals surface area (Å²) < 4.78 is 16.2. The molecule has 0 saturated heterocycles. The quantitative estimate of drug-likeness (QED) is 0.630. The number of oxime groups is 1. The molecule has 0 fully saturated rings. The number of carbonyl (C=O) groups excluding carboxylic acids is 1. The van der Waals surface area contributed by atoms with E-state index in [-0.39, 0.29) is 12.1 Å². The van der Waals surface area contributed by atoms with Crippen LogP contribution < -0.4 is 9.47 Å². The number of ether oxygens (including phenoxy) is 3. The third-order valence-corrected chi connectivity index (χ3v) is 4.03. The van der Waals surface area contributed by atoms with Gasteiger partial charge in [0, 0.05) is 18.1 Å². The molecule has 0 aliphatic carbocycles. The summed E-state index contributed by atoms with van der Waals surface area (Å²) in [6.07, 6.45) is 0.232. The first-order valence-corrected chi connectivity index (χ1v) is 7.79. The first-order chi connectivity index (χ1) is 12.2. The van der Waals surface area contributed by atoms with Gasteiger partial charge in [-0.15, -0.1) is 0 Å². The Morgan fingerprint density at radius 3 is 2.72 bits per heavy atom. The molecule has 2 aromatic carbocycles. The molecule has 6 nitrogen and oxygen atoms in total. The lowest BCUT2D eigenvalue weighted by Crippen LogP contribution is -2.21. The lowest BCUT2D eigenvalue weighted by Gasteiger charge is -2.27. The molecule has 25 heavy (non-hydrogen) atoms. The summed E-state index contributed by atoms with van der Waals surface area (Å²) in [6, 6.07) is 12.8. The monoisotopic (exact) mass is 341 g/mol. The Hall–Kier alpha value is -3.02. The van der Waals surface area contributed by atoms with Gasteiger partial charge in [-0.05, 0) is 29.8 Å². The van der Waals surface area contributed by atoms with Gasteiger partial charge in [-0.1, -0.05) is 17.3 Å². The minimum Gasteiger partial charge on any atom is -0.497 e. The van der Waals surface area contributed by atoms with E-state index in [9.17, 15) is 4.79 Å². The molecule has 0 spiro atoms. The van der Waals surface area contributed by atoms with Crippen LogP contribution in [0.1, 0.15) is 34.0 Å². The van der Waals surface area contributed by atoms with E-state index in [4.69, 9.17) is 19.0 Å². The van der Waals surface area contributed by atoms with Gasteiger partial charge in [-0.25, -0.2) is 4.79 Å². The molecule has 0 bridgehead atoms. The van der Waals surface area contributed by atoms with Crippen LogP contribution in [0.2, 0.25) is 0 Å². The number of methoxy groups -OCH3 is 2. The Kier molecular flexibility index (Phi) is 4.88. The van der Waals surface area contributed by atoms with Crippen LogP contribution in [0.5, 0.6) is 11.5 Å². The molecule has 0 amide bonds. The maximum absolute atomic E-state index is 11.8. The second kappa shape index (κ2) is 7.25. The van der Waals surface area contributed by atoms with E-state index in [1.54, 1.807) is 25.3 Å². The van der Waals surface area contributed by atoms with E-state index in [1.165, 1.54) is 14.2 Å². The van der Waals surface area contributed by atoms with Gasteiger partial charge in [0.15, 0.2) is 0 Å². The van der Waals surface area contributed by atoms with E-state index in [0.717, 1.165) is 16.8 Å². The van der Waals surface area contributed by atoms with Crippen molar-refractivity contribution in [2.45, 2.75) is 12.5 Å². The molecule has 0 aromatic heterocycles. The fraction of sp³-hybridized carbons (Fsp3) is 0.263. The van der Waals surface area contributed by atoms with Gasteiger partial charge in [-0.3, -0.25) is 0 Å². The third-order valence-electron chi connectivity index (χ3n) is 4.03. The Balaban J connectivity index is 1.99. The Morgan fingerprint density at radius 2 is 2.00 bits per heavy atom. The first kappa shape index (κ1) is 16.8. The fourth-order valence-electron chi connectivity index (χ4n) is 2.81. The molecule has 1 aliphatic rings. The van der Waals surface area contributed by atoms with Gasteiger partial charge in [0.05, 0.1) is 25.5 Å². The van der Waals surface area contributed by atoms with Crippen LogP contribution in [-0.2, 0) is 9.57 Å². The maximum atomic E-state index is 11.8. The predicted octanol–water partition coefficient (Wildman–Crippen LogP) is 3.36. The summed E-state index contributed by atoms with van der Waals surface area (Å²) >= 11 is 0. The van der Waals surface area contributed by atoms with Crippen molar-refractivity contribution >= 4 is 11.7 Å². The summed E-state index contributed by atoms with van der Waals surface area (Å²) in [4.78, 5) is 16.8. The highest BCUT2D eigenvalue weighted by Crippen LogP contribution is 2.37. The first-order valence-electron chi connectivity index (χ1n) is 7.79. The highest BCUT2D eigenvalue weighted by atomic mass is 16.6. The van der Waals surface area contributed by atoms with E-state index in [1.807, 2.05) is 24.3 Å². The number of carbonyl (C=O) groups is 1. The number of hydrogen-bond acceptors (Lipinski definition) is 6. The van der Waals surface area contributed by atoms with Crippen molar-refractivity contribution in [2.75, 3.05) is 21.3 Å². The van der Waals surface area contributed by atoms with E-state index < -0.39 is 0 Å². The van der Waals surface area contributed by atoms with Gasteiger partial charge in [-0.2, -0.15) is 0 Å². The summed E-state index contributed by atoms with van der Waals surface area (Å²) in [6.45, 7) is 0. The van der Waals surface area contributed by atoms with Crippen LogP contribution in [0.4, 0.5) is 0 Å². The SMILES string of the molecule is CON=C1C[C@H](c2cccc(C(=O)OC)c2)Oc2cc(OC)ccc21. The fourth-order valence-corrected chi connectivity index (χ4v) is 2.81. The number of esters is 1. The molecular formula is C19H19NO5. The maximum Gasteiger partial charge on any atom is 0.337 e. The topological polar surface area (TPSA) is 66.4 Å². The lowest BCUT2D eigenvalue weighted by atomic mass is 9.94. The molecule has 0 saturated carbocycles. The van der Waals surface area contributed by atoms with Gasteiger partial charge in [0.1, 0.15) is 24.7 Å². The zero-order valence-corrected chi connectivity index (χ0v) is 14.3. The Labute approximate surface area is 146 Å². The molecular weight excluding hydrogens is 322 g/mol. The molecule has 3 rings (SSSR count). The molecule has 1 aliphatic heterocycles. The standard InChI is InChI=1S/C19H19NO5/c1-22-14-7-8-15-16(20-24-3)11-17(25-18(15)10-14)12-5-4-6-13(9-12)19(21)23-2/h4-10,17H,11H2,1-3H3/t17-/m1/s1. The second-order valence-electron chi connectivity index (χ2n) is 5.51. The average molecular weight is 341 g/mol. The van der Waals surface area contributed by atoms with Crippen molar-refractivity contribution in [2.24, 2.45) is 5.16 Å². The number of nitrogens with zero attached hydrogens (tertiary/aromatic N) is 1. The molecule has 6 heteroatoms. The van der Waals surface area contributed by atoms with Crippen LogP contribution in [0, 0.1) is 0 Å². The highest BCUT2D eigenvalue weighted by Gasteiger charge is 2.28. The van der Waals surface area contributed by atoms with Crippen LogP contribution in [0.15, 0.2) is 47.6 Å². The van der Waals surface area contributed by atoms with Crippen molar-refractivity contribution in [3.05, 3.63) is 59.2 Å². The number of benzene rings is 2. The Morgan fingerprint density at radius 1 is 1.16 bits per heavy atom. The second-order valence-corrected chi connectivity index (χ2v) is 5.51. The number of hydrogen-bond donors (Lipinski definition) is 0. The van der Waals surface area contributed by atoms with Gasteiger partial charge < -0.3 is 19.0 Å². The molecule has 1 heterocycles. The Bertz CT molecular complexity index is 815. The minimum atomic E-state index is -0.384. The zero-order valence-electron chi connectivity index (χ0n) is 14.3. The minimum absolute atomic E-state index is 0.293.